The summed E-state index contributed by atoms with van der Waals surface area (Å²) in [4.78, 5) is 0. The first-order valence-electron chi connectivity index (χ1n) is 6.54. The highest BCUT2D eigenvalue weighted by atomic mass is 16.3. The Hall–Kier alpha value is -0.0800. The van der Waals surface area contributed by atoms with E-state index in [1.807, 2.05) is 0 Å². The van der Waals surface area contributed by atoms with Gasteiger partial charge in [-0.15, -0.1) is 0 Å². The van der Waals surface area contributed by atoms with Crippen molar-refractivity contribution >= 4 is 0 Å². The van der Waals surface area contributed by atoms with Gasteiger partial charge in [-0.1, -0.05) is 19.8 Å². The summed E-state index contributed by atoms with van der Waals surface area (Å²) in [5.41, 5.74) is 5.58. The van der Waals surface area contributed by atoms with Crippen LogP contribution in [0.25, 0.3) is 0 Å². The van der Waals surface area contributed by atoms with Crippen LogP contribution in [0.5, 0.6) is 0 Å². The average Bonchev–Trinajstić information content (AvgIpc) is 2.73. The molecule has 2 nitrogen and oxygen atoms in total. The van der Waals surface area contributed by atoms with Gasteiger partial charge >= 0.3 is 0 Å². The van der Waals surface area contributed by atoms with Crippen LogP contribution in [0.4, 0.5) is 0 Å². The first-order valence-corrected chi connectivity index (χ1v) is 6.54. The summed E-state index contributed by atoms with van der Waals surface area (Å²) < 4.78 is 0. The topological polar surface area (TPSA) is 46.2 Å². The number of hydrogen-bond donors (Lipinski definition) is 2. The fraction of sp³-hybridized carbons (Fsp3) is 1.00. The van der Waals surface area contributed by atoms with E-state index >= 15 is 0 Å². The molecule has 0 bridgehead atoms. The second-order valence-electron chi connectivity index (χ2n) is 5.91. The van der Waals surface area contributed by atoms with Gasteiger partial charge in [-0.25, -0.2) is 0 Å². The Kier molecular flexibility index (Phi) is 3.09. The van der Waals surface area contributed by atoms with Gasteiger partial charge in [-0.05, 0) is 44.4 Å². The van der Waals surface area contributed by atoms with Crippen LogP contribution in [-0.2, 0) is 0 Å². The molecule has 0 aromatic carbocycles. The van der Waals surface area contributed by atoms with Gasteiger partial charge in [0.05, 0.1) is 5.60 Å². The van der Waals surface area contributed by atoms with E-state index in [9.17, 15) is 5.11 Å². The lowest BCUT2D eigenvalue weighted by molar-refractivity contribution is -0.109. The zero-order valence-electron chi connectivity index (χ0n) is 9.97. The van der Waals surface area contributed by atoms with Crippen molar-refractivity contribution in [1.82, 2.24) is 0 Å². The molecule has 2 aliphatic carbocycles. The predicted octanol–water partition coefficient (Wildman–Crippen LogP) is 2.45. The van der Waals surface area contributed by atoms with Gasteiger partial charge in [0.25, 0.3) is 0 Å². The van der Waals surface area contributed by atoms with Crippen molar-refractivity contribution in [3.05, 3.63) is 0 Å². The maximum Gasteiger partial charge on any atom is 0.0716 e. The molecule has 0 radical (unpaired) electrons. The Labute approximate surface area is 93.2 Å². The van der Waals surface area contributed by atoms with E-state index in [0.29, 0.717) is 6.54 Å². The standard InChI is InChI=1S/C13H25NO/c1-11-4-8-13(15,9-5-11)12(10-14)6-2-3-7-12/h11,15H,2-10,14H2,1H3. The molecule has 0 aliphatic heterocycles. The quantitative estimate of drug-likeness (QED) is 0.737. The highest BCUT2D eigenvalue weighted by Gasteiger charge is 2.51. The number of aliphatic hydroxyl groups is 1. The molecule has 0 aromatic rings. The third-order valence-corrected chi connectivity index (χ3v) is 5.04. The summed E-state index contributed by atoms with van der Waals surface area (Å²) in [6.45, 7) is 2.97. The average molecular weight is 211 g/mol. The van der Waals surface area contributed by atoms with E-state index in [2.05, 4.69) is 6.92 Å². The molecule has 2 saturated carbocycles. The van der Waals surface area contributed by atoms with Crippen molar-refractivity contribution in [2.75, 3.05) is 6.54 Å². The van der Waals surface area contributed by atoms with E-state index < -0.39 is 5.60 Å². The van der Waals surface area contributed by atoms with Crippen LogP contribution in [-0.4, -0.2) is 17.3 Å². The molecule has 2 aliphatic rings. The molecule has 2 rings (SSSR count). The van der Waals surface area contributed by atoms with Crippen LogP contribution in [0.3, 0.4) is 0 Å². The van der Waals surface area contributed by atoms with E-state index in [4.69, 9.17) is 5.73 Å². The molecule has 2 fully saturated rings. The summed E-state index contributed by atoms with van der Waals surface area (Å²) in [5, 5.41) is 10.9. The van der Waals surface area contributed by atoms with Gasteiger partial charge in [0.15, 0.2) is 0 Å². The molecule has 0 spiro atoms. The Bertz CT molecular complexity index is 213. The minimum absolute atomic E-state index is 0.0626. The third-order valence-electron chi connectivity index (χ3n) is 5.04. The molecule has 0 heterocycles. The van der Waals surface area contributed by atoms with Crippen LogP contribution in [0.15, 0.2) is 0 Å². The van der Waals surface area contributed by atoms with E-state index in [1.165, 1.54) is 25.7 Å². The lowest BCUT2D eigenvalue weighted by Crippen LogP contribution is -2.52. The lowest BCUT2D eigenvalue weighted by Gasteiger charge is -2.48. The molecule has 3 N–H and O–H groups in total. The zero-order chi connectivity index (χ0) is 10.9. The first kappa shape index (κ1) is 11.4. The Morgan fingerprint density at radius 3 is 2.13 bits per heavy atom. The summed E-state index contributed by atoms with van der Waals surface area (Å²) in [5.74, 6) is 0.793. The van der Waals surface area contributed by atoms with Gasteiger partial charge in [0.2, 0.25) is 0 Å². The molecule has 15 heavy (non-hydrogen) atoms. The number of rotatable bonds is 2. The van der Waals surface area contributed by atoms with Crippen LogP contribution in [0, 0.1) is 11.3 Å². The highest BCUT2D eigenvalue weighted by molar-refractivity contribution is 5.03. The van der Waals surface area contributed by atoms with E-state index in [0.717, 1.165) is 31.6 Å². The molecule has 2 heteroatoms. The fourth-order valence-electron chi connectivity index (χ4n) is 3.68. The van der Waals surface area contributed by atoms with Crippen LogP contribution in [0.1, 0.15) is 58.3 Å². The number of hydrogen-bond acceptors (Lipinski definition) is 2. The van der Waals surface area contributed by atoms with Crippen LogP contribution < -0.4 is 5.73 Å². The molecule has 0 aromatic heterocycles. The Morgan fingerprint density at radius 2 is 1.67 bits per heavy atom. The lowest BCUT2D eigenvalue weighted by atomic mass is 9.62. The highest BCUT2D eigenvalue weighted by Crippen LogP contribution is 2.52. The smallest absolute Gasteiger partial charge is 0.0716 e. The maximum absolute atomic E-state index is 10.9. The first-order chi connectivity index (χ1) is 7.12. The van der Waals surface area contributed by atoms with Gasteiger partial charge in [0, 0.05) is 12.0 Å². The molecule has 0 saturated heterocycles. The fourth-order valence-corrected chi connectivity index (χ4v) is 3.68. The maximum atomic E-state index is 10.9. The van der Waals surface area contributed by atoms with Gasteiger partial charge < -0.3 is 10.8 Å². The second-order valence-corrected chi connectivity index (χ2v) is 5.91. The minimum atomic E-state index is -0.440. The van der Waals surface area contributed by atoms with Crippen LogP contribution >= 0.6 is 0 Å². The molecule has 0 amide bonds. The van der Waals surface area contributed by atoms with Crippen molar-refractivity contribution in [2.24, 2.45) is 17.1 Å². The van der Waals surface area contributed by atoms with Crippen molar-refractivity contribution in [1.29, 1.82) is 0 Å². The SMILES string of the molecule is CC1CCC(O)(C2(CN)CCCC2)CC1. The van der Waals surface area contributed by atoms with E-state index in [1.54, 1.807) is 0 Å². The molecule has 0 atom stereocenters. The van der Waals surface area contributed by atoms with Crippen molar-refractivity contribution in [3.8, 4) is 0 Å². The number of nitrogens with two attached hydrogens (primary N) is 1. The molecule has 0 unspecified atom stereocenters. The van der Waals surface area contributed by atoms with E-state index in [-0.39, 0.29) is 5.41 Å². The summed E-state index contributed by atoms with van der Waals surface area (Å²) >= 11 is 0. The minimum Gasteiger partial charge on any atom is -0.389 e. The third kappa shape index (κ3) is 1.83. The second kappa shape index (κ2) is 4.06. The van der Waals surface area contributed by atoms with Crippen molar-refractivity contribution < 1.29 is 5.11 Å². The monoisotopic (exact) mass is 211 g/mol. The summed E-state index contributed by atoms with van der Waals surface area (Å²) in [6, 6.07) is 0. The largest absolute Gasteiger partial charge is 0.389 e. The molecular weight excluding hydrogens is 186 g/mol. The normalized spacial score (nSPS) is 40.6. The van der Waals surface area contributed by atoms with Gasteiger partial charge in [0.1, 0.15) is 0 Å². The van der Waals surface area contributed by atoms with Crippen molar-refractivity contribution in [3.63, 3.8) is 0 Å². The predicted molar refractivity (Wildman–Crippen MR) is 62.5 cm³/mol. The summed E-state index contributed by atoms with van der Waals surface area (Å²) in [7, 11) is 0. The zero-order valence-corrected chi connectivity index (χ0v) is 9.97. The van der Waals surface area contributed by atoms with Crippen molar-refractivity contribution in [2.45, 2.75) is 63.9 Å². The molecule has 88 valence electrons. The molecular formula is C13H25NO. The van der Waals surface area contributed by atoms with Gasteiger partial charge in [-0.3, -0.25) is 0 Å². The van der Waals surface area contributed by atoms with Gasteiger partial charge in [-0.2, -0.15) is 0 Å². The Morgan fingerprint density at radius 1 is 1.13 bits per heavy atom. The summed E-state index contributed by atoms with van der Waals surface area (Å²) in [6.07, 6.45) is 9.13. The Balaban J connectivity index is 2.12. The van der Waals surface area contributed by atoms with Crippen LogP contribution in [0.2, 0.25) is 0 Å².